The molecule has 1 saturated heterocycles. The van der Waals surface area contributed by atoms with Gasteiger partial charge in [-0.3, -0.25) is 14.4 Å². The molecule has 3 aromatic rings. The third-order valence-corrected chi connectivity index (χ3v) is 6.09. The smallest absolute Gasteiger partial charge is 0.308 e. The summed E-state index contributed by atoms with van der Waals surface area (Å²) in [6.07, 6.45) is 0.328. The fraction of sp³-hybridized carbons (Fsp3) is 0.276. The quantitative estimate of drug-likeness (QED) is 0.252. The van der Waals surface area contributed by atoms with Crippen LogP contribution in [0.2, 0.25) is 0 Å². The molecule has 1 amide bonds. The minimum atomic E-state index is -0.412. The van der Waals surface area contributed by atoms with Crippen LogP contribution in [0.3, 0.4) is 0 Å². The average Bonchev–Trinajstić information content (AvgIpc) is 2.91. The molecule has 7 heteroatoms. The van der Waals surface area contributed by atoms with Gasteiger partial charge in [0.2, 0.25) is 5.91 Å². The molecule has 0 atom stereocenters. The number of nitrogens with zero attached hydrogens (tertiary/aromatic N) is 2. The number of hydrogen-bond donors (Lipinski definition) is 0. The van der Waals surface area contributed by atoms with Crippen LogP contribution in [0.4, 0.5) is 5.69 Å². The van der Waals surface area contributed by atoms with E-state index in [1.54, 1.807) is 24.3 Å². The van der Waals surface area contributed by atoms with Crippen molar-refractivity contribution in [3.8, 4) is 11.5 Å². The number of ether oxygens (including phenoxy) is 2. The first-order valence-corrected chi connectivity index (χ1v) is 12.1. The van der Waals surface area contributed by atoms with E-state index in [2.05, 4.69) is 4.90 Å². The minimum Gasteiger partial charge on any atom is -0.489 e. The van der Waals surface area contributed by atoms with Gasteiger partial charge in [0.1, 0.15) is 18.1 Å². The molecule has 36 heavy (non-hydrogen) atoms. The highest BCUT2D eigenvalue weighted by molar-refractivity contribution is 5.98. The molecular formula is C29H30N2O5. The molecule has 1 aliphatic heterocycles. The summed E-state index contributed by atoms with van der Waals surface area (Å²) in [7, 11) is 0. The summed E-state index contributed by atoms with van der Waals surface area (Å²) in [4.78, 5) is 40.2. The van der Waals surface area contributed by atoms with Crippen molar-refractivity contribution >= 4 is 23.3 Å². The van der Waals surface area contributed by atoms with Crippen molar-refractivity contribution in [2.75, 3.05) is 31.1 Å². The molecule has 0 bridgehead atoms. The summed E-state index contributed by atoms with van der Waals surface area (Å²) < 4.78 is 10.8. The maximum Gasteiger partial charge on any atom is 0.308 e. The van der Waals surface area contributed by atoms with E-state index in [0.717, 1.165) is 30.1 Å². The normalized spacial score (nSPS) is 13.2. The number of esters is 1. The van der Waals surface area contributed by atoms with E-state index < -0.39 is 5.97 Å². The lowest BCUT2D eigenvalue weighted by molar-refractivity contribution is -0.132. The SMILES string of the molecule is CC(=O)Oc1ccc(C(=O)CCC(=O)N2CCN(c3ccc(OCc4ccccc4)cc3)CC2)cc1. The molecule has 0 spiro atoms. The third kappa shape index (κ3) is 6.95. The Morgan fingerprint density at radius 2 is 1.39 bits per heavy atom. The molecule has 1 heterocycles. The number of hydrogen-bond acceptors (Lipinski definition) is 6. The summed E-state index contributed by atoms with van der Waals surface area (Å²) in [5.41, 5.74) is 2.72. The summed E-state index contributed by atoms with van der Waals surface area (Å²) >= 11 is 0. The van der Waals surface area contributed by atoms with Gasteiger partial charge in [-0.1, -0.05) is 30.3 Å². The summed E-state index contributed by atoms with van der Waals surface area (Å²) in [6.45, 7) is 4.57. The molecule has 186 valence electrons. The van der Waals surface area contributed by atoms with Crippen LogP contribution in [0.5, 0.6) is 11.5 Å². The van der Waals surface area contributed by atoms with Gasteiger partial charge in [-0.05, 0) is 54.1 Å². The van der Waals surface area contributed by atoms with Crippen LogP contribution < -0.4 is 14.4 Å². The van der Waals surface area contributed by atoms with Crippen molar-refractivity contribution in [1.82, 2.24) is 4.90 Å². The largest absolute Gasteiger partial charge is 0.489 e. The van der Waals surface area contributed by atoms with E-state index >= 15 is 0 Å². The predicted octanol–water partition coefficient (Wildman–Crippen LogP) is 4.50. The van der Waals surface area contributed by atoms with E-state index in [-0.39, 0.29) is 24.5 Å². The van der Waals surface area contributed by atoms with Crippen molar-refractivity contribution in [3.05, 3.63) is 90.0 Å². The van der Waals surface area contributed by atoms with Gasteiger partial charge >= 0.3 is 5.97 Å². The summed E-state index contributed by atoms with van der Waals surface area (Å²) in [5, 5.41) is 0. The monoisotopic (exact) mass is 486 g/mol. The first-order valence-electron chi connectivity index (χ1n) is 12.1. The number of piperazine rings is 1. The maximum atomic E-state index is 12.7. The van der Waals surface area contributed by atoms with Crippen molar-refractivity contribution in [2.45, 2.75) is 26.4 Å². The van der Waals surface area contributed by atoms with Crippen LogP contribution in [0.15, 0.2) is 78.9 Å². The van der Waals surface area contributed by atoms with Crippen LogP contribution in [-0.2, 0) is 16.2 Å². The molecule has 0 aliphatic carbocycles. The summed E-state index contributed by atoms with van der Waals surface area (Å²) in [6, 6.07) is 24.5. The van der Waals surface area contributed by atoms with E-state index in [9.17, 15) is 14.4 Å². The first kappa shape index (κ1) is 25.0. The topological polar surface area (TPSA) is 76.2 Å². The van der Waals surface area contributed by atoms with E-state index in [1.165, 1.54) is 6.92 Å². The van der Waals surface area contributed by atoms with Crippen LogP contribution in [-0.4, -0.2) is 48.7 Å². The molecule has 0 unspecified atom stereocenters. The zero-order valence-electron chi connectivity index (χ0n) is 20.4. The highest BCUT2D eigenvalue weighted by Gasteiger charge is 2.22. The Morgan fingerprint density at radius 1 is 0.750 bits per heavy atom. The van der Waals surface area contributed by atoms with Crippen LogP contribution in [0, 0.1) is 0 Å². The van der Waals surface area contributed by atoms with Gasteiger partial charge in [0.05, 0.1) is 0 Å². The highest BCUT2D eigenvalue weighted by Crippen LogP contribution is 2.22. The second kappa shape index (κ2) is 12.0. The molecule has 1 aliphatic rings. The lowest BCUT2D eigenvalue weighted by Gasteiger charge is -2.36. The van der Waals surface area contributed by atoms with Crippen molar-refractivity contribution in [2.24, 2.45) is 0 Å². The Kier molecular flexibility index (Phi) is 8.34. The van der Waals surface area contributed by atoms with Gasteiger partial charge in [0.25, 0.3) is 0 Å². The van der Waals surface area contributed by atoms with Gasteiger partial charge in [-0.15, -0.1) is 0 Å². The van der Waals surface area contributed by atoms with Crippen LogP contribution in [0.25, 0.3) is 0 Å². The molecular weight excluding hydrogens is 456 g/mol. The number of carbonyl (C=O) groups excluding carboxylic acids is 3. The van der Waals surface area contributed by atoms with Crippen LogP contribution >= 0.6 is 0 Å². The second-order valence-electron chi connectivity index (χ2n) is 8.68. The fourth-order valence-electron chi connectivity index (χ4n) is 4.11. The summed E-state index contributed by atoms with van der Waals surface area (Å²) in [5.74, 6) is 0.684. The van der Waals surface area contributed by atoms with Crippen molar-refractivity contribution in [3.63, 3.8) is 0 Å². The predicted molar refractivity (Wildman–Crippen MR) is 137 cm³/mol. The Labute approximate surface area is 211 Å². The number of rotatable bonds is 9. The highest BCUT2D eigenvalue weighted by atomic mass is 16.5. The zero-order valence-corrected chi connectivity index (χ0v) is 20.4. The second-order valence-corrected chi connectivity index (χ2v) is 8.68. The number of anilines is 1. The van der Waals surface area contributed by atoms with Gasteiger partial charge in [0, 0.05) is 57.2 Å². The molecule has 0 aromatic heterocycles. The van der Waals surface area contributed by atoms with Gasteiger partial charge in [-0.2, -0.15) is 0 Å². The Balaban J connectivity index is 1.20. The van der Waals surface area contributed by atoms with Crippen molar-refractivity contribution < 1.29 is 23.9 Å². The number of benzene rings is 3. The number of amides is 1. The minimum absolute atomic E-state index is 0.0100. The molecule has 3 aromatic carbocycles. The molecule has 0 radical (unpaired) electrons. The molecule has 0 saturated carbocycles. The maximum absolute atomic E-state index is 12.7. The lowest BCUT2D eigenvalue weighted by Crippen LogP contribution is -2.48. The van der Waals surface area contributed by atoms with Crippen LogP contribution in [0.1, 0.15) is 35.7 Å². The van der Waals surface area contributed by atoms with Gasteiger partial charge in [0.15, 0.2) is 5.78 Å². The zero-order chi connectivity index (χ0) is 25.3. The van der Waals surface area contributed by atoms with Gasteiger partial charge in [-0.25, -0.2) is 0 Å². The van der Waals surface area contributed by atoms with Gasteiger partial charge < -0.3 is 19.3 Å². The molecule has 1 fully saturated rings. The third-order valence-electron chi connectivity index (χ3n) is 6.09. The average molecular weight is 487 g/mol. The number of ketones is 1. The van der Waals surface area contributed by atoms with E-state index in [1.807, 2.05) is 59.5 Å². The molecule has 4 rings (SSSR count). The Hall–Kier alpha value is -4.13. The lowest BCUT2D eigenvalue weighted by atomic mass is 10.1. The number of Topliss-reactive ketones (excluding diaryl/α,β-unsaturated/α-hetero) is 1. The molecule has 7 nitrogen and oxygen atoms in total. The fourth-order valence-corrected chi connectivity index (χ4v) is 4.11. The Morgan fingerprint density at radius 3 is 2.03 bits per heavy atom. The first-order chi connectivity index (χ1) is 17.5. The number of carbonyl (C=O) groups is 3. The molecule has 0 N–H and O–H groups in total. The van der Waals surface area contributed by atoms with E-state index in [0.29, 0.717) is 31.0 Å². The van der Waals surface area contributed by atoms with Crippen molar-refractivity contribution in [1.29, 1.82) is 0 Å². The standard InChI is InChI=1S/C29H30N2O5/c1-22(32)36-27-11-7-24(8-12-27)28(33)15-16-29(34)31-19-17-30(18-20-31)25-9-13-26(14-10-25)35-21-23-5-3-2-4-6-23/h2-14H,15-21H2,1H3. The van der Waals surface area contributed by atoms with E-state index in [4.69, 9.17) is 9.47 Å². The Bertz CT molecular complexity index is 1170.